The zero-order valence-corrected chi connectivity index (χ0v) is 23.2. The molecule has 198 valence electrons. The van der Waals surface area contributed by atoms with Gasteiger partial charge in [0.05, 0.1) is 26.2 Å². The van der Waals surface area contributed by atoms with Crippen LogP contribution in [0.5, 0.6) is 0 Å². The highest BCUT2D eigenvalue weighted by atomic mass is 16.4. The zero-order chi connectivity index (χ0) is 24.5. The molecule has 0 aromatic carbocycles. The first-order chi connectivity index (χ1) is 16.1. The molecule has 0 rings (SSSR count). The lowest BCUT2D eigenvalue weighted by Gasteiger charge is -2.39. The molecule has 0 aliphatic carbocycles. The monoisotopic (exact) mass is 468 g/mol. The van der Waals surface area contributed by atoms with Gasteiger partial charge in [-0.2, -0.15) is 0 Å². The van der Waals surface area contributed by atoms with Crippen LogP contribution in [0.3, 0.4) is 0 Å². The lowest BCUT2D eigenvalue weighted by Crippen LogP contribution is -2.50. The number of carbonyl (C=O) groups is 1. The smallest absolute Gasteiger partial charge is 0.303 e. The van der Waals surface area contributed by atoms with E-state index in [9.17, 15) is 4.79 Å². The third-order valence-electron chi connectivity index (χ3n) is 7.48. The van der Waals surface area contributed by atoms with Crippen LogP contribution in [-0.4, -0.2) is 41.7 Å². The van der Waals surface area contributed by atoms with Crippen molar-refractivity contribution in [3.63, 3.8) is 0 Å². The second-order valence-electron chi connectivity index (χ2n) is 10.7. The Balaban J connectivity index is 3.66. The molecule has 1 N–H and O–H groups in total. The molecule has 0 aliphatic rings. The van der Waals surface area contributed by atoms with E-state index in [0.29, 0.717) is 6.42 Å². The average molecular weight is 469 g/mol. The Bertz CT molecular complexity index is 388. The number of aliphatic carboxylic acids is 1. The Hall–Kier alpha value is -0.570. The summed E-state index contributed by atoms with van der Waals surface area (Å²) in [5.74, 6) is -0.650. The first-order valence-corrected chi connectivity index (χ1v) is 15.2. The van der Waals surface area contributed by atoms with E-state index in [1.807, 2.05) is 0 Å². The lowest BCUT2D eigenvalue weighted by atomic mass is 10.0. The number of carboxylic acid groups (broad SMARTS) is 1. The van der Waals surface area contributed by atoms with Gasteiger partial charge in [-0.3, -0.25) is 4.79 Å². The molecular formula is C30H62NO2+. The van der Waals surface area contributed by atoms with Crippen molar-refractivity contribution < 1.29 is 14.4 Å². The molecule has 0 unspecified atom stereocenters. The van der Waals surface area contributed by atoms with Crippen LogP contribution in [0.25, 0.3) is 0 Å². The zero-order valence-electron chi connectivity index (χ0n) is 23.2. The van der Waals surface area contributed by atoms with E-state index < -0.39 is 5.97 Å². The summed E-state index contributed by atoms with van der Waals surface area (Å²) < 4.78 is 1.41. The maximum absolute atomic E-state index is 10.5. The van der Waals surface area contributed by atoms with Crippen molar-refractivity contribution in [2.75, 3.05) is 26.2 Å². The predicted octanol–water partition coefficient (Wildman–Crippen LogP) is 9.53. The Kier molecular flexibility index (Phi) is 24.1. The number of hydrogen-bond donors (Lipinski definition) is 1. The van der Waals surface area contributed by atoms with Gasteiger partial charge in [0.15, 0.2) is 0 Å². The number of rotatable bonds is 27. The summed E-state index contributed by atoms with van der Waals surface area (Å²) in [6, 6.07) is 0. The topological polar surface area (TPSA) is 37.3 Å². The first kappa shape index (κ1) is 32.4. The van der Waals surface area contributed by atoms with Crippen molar-refractivity contribution in [2.45, 2.75) is 162 Å². The predicted molar refractivity (Wildman–Crippen MR) is 146 cm³/mol. The van der Waals surface area contributed by atoms with Crippen LogP contribution >= 0.6 is 0 Å². The molecule has 0 fully saturated rings. The molecule has 33 heavy (non-hydrogen) atoms. The standard InChI is InChI=1S/C30H61NO2/c1-4-7-26-31(27-8-5-2,28-9-6-3)29-24-22-20-18-16-14-12-10-11-13-15-17-19-21-23-25-30(32)33/h4-29H2,1-3H3/p+1. The summed E-state index contributed by atoms with van der Waals surface area (Å²) >= 11 is 0. The molecular weight excluding hydrogens is 406 g/mol. The van der Waals surface area contributed by atoms with E-state index in [1.54, 1.807) is 0 Å². The summed E-state index contributed by atoms with van der Waals surface area (Å²) in [6.45, 7) is 12.7. The average Bonchev–Trinajstić information content (AvgIpc) is 2.81. The van der Waals surface area contributed by atoms with Crippen molar-refractivity contribution in [3.05, 3.63) is 0 Å². The fourth-order valence-electron chi connectivity index (χ4n) is 5.17. The minimum Gasteiger partial charge on any atom is -0.481 e. The van der Waals surface area contributed by atoms with Gasteiger partial charge in [-0.1, -0.05) is 117 Å². The number of carboxylic acids is 1. The third kappa shape index (κ3) is 21.7. The maximum atomic E-state index is 10.5. The molecule has 0 radical (unpaired) electrons. The molecule has 0 atom stereocenters. The molecule has 3 nitrogen and oxygen atoms in total. The molecule has 3 heteroatoms. The van der Waals surface area contributed by atoms with E-state index in [1.165, 1.54) is 153 Å². The second kappa shape index (κ2) is 24.6. The van der Waals surface area contributed by atoms with E-state index in [4.69, 9.17) is 5.11 Å². The number of hydrogen-bond acceptors (Lipinski definition) is 1. The molecule has 0 amide bonds. The molecule has 0 aliphatic heterocycles. The van der Waals surface area contributed by atoms with E-state index >= 15 is 0 Å². The quantitative estimate of drug-likeness (QED) is 0.0962. The molecule has 0 spiro atoms. The summed E-state index contributed by atoms with van der Waals surface area (Å²) in [4.78, 5) is 10.5. The van der Waals surface area contributed by atoms with Gasteiger partial charge in [0.2, 0.25) is 0 Å². The van der Waals surface area contributed by atoms with Gasteiger partial charge in [0, 0.05) is 6.42 Å². The number of quaternary nitrogens is 1. The van der Waals surface area contributed by atoms with Crippen LogP contribution in [0.1, 0.15) is 162 Å². The normalized spacial score (nSPS) is 11.8. The number of unbranched alkanes of at least 4 members (excludes halogenated alkanes) is 17. The van der Waals surface area contributed by atoms with Gasteiger partial charge >= 0.3 is 5.97 Å². The van der Waals surface area contributed by atoms with Crippen LogP contribution < -0.4 is 0 Å². The van der Waals surface area contributed by atoms with Gasteiger partial charge in [0.25, 0.3) is 0 Å². The van der Waals surface area contributed by atoms with Gasteiger partial charge in [-0.15, -0.1) is 0 Å². The molecule has 0 saturated heterocycles. The summed E-state index contributed by atoms with van der Waals surface area (Å²) in [7, 11) is 0. The van der Waals surface area contributed by atoms with Crippen molar-refractivity contribution >= 4 is 5.97 Å². The van der Waals surface area contributed by atoms with E-state index in [-0.39, 0.29) is 0 Å². The minimum atomic E-state index is -0.650. The van der Waals surface area contributed by atoms with Crippen LogP contribution in [-0.2, 0) is 4.79 Å². The fourth-order valence-corrected chi connectivity index (χ4v) is 5.17. The van der Waals surface area contributed by atoms with Crippen LogP contribution in [0, 0.1) is 0 Å². The molecule has 0 aromatic heterocycles. The highest BCUT2D eigenvalue weighted by Crippen LogP contribution is 2.18. The van der Waals surface area contributed by atoms with Crippen LogP contribution in [0.15, 0.2) is 0 Å². The van der Waals surface area contributed by atoms with Gasteiger partial charge in [-0.25, -0.2) is 0 Å². The second-order valence-corrected chi connectivity index (χ2v) is 10.7. The third-order valence-corrected chi connectivity index (χ3v) is 7.48. The highest BCUT2D eigenvalue weighted by molar-refractivity contribution is 5.66. The SMILES string of the molecule is CCCC[N+](CCCC)(CCCC)CCCCCCCCCCCCCCCCCC(=O)O. The van der Waals surface area contributed by atoms with Crippen LogP contribution in [0.4, 0.5) is 0 Å². The largest absolute Gasteiger partial charge is 0.481 e. The Morgan fingerprint density at radius 2 is 0.727 bits per heavy atom. The molecule has 0 aromatic rings. The van der Waals surface area contributed by atoms with Crippen molar-refractivity contribution in [3.8, 4) is 0 Å². The molecule has 0 saturated carbocycles. The highest BCUT2D eigenvalue weighted by Gasteiger charge is 2.24. The number of nitrogens with zero attached hydrogens (tertiary/aromatic N) is 1. The van der Waals surface area contributed by atoms with Gasteiger partial charge in [0.1, 0.15) is 0 Å². The summed E-state index contributed by atoms with van der Waals surface area (Å²) in [5.41, 5.74) is 0. The van der Waals surface area contributed by atoms with E-state index in [2.05, 4.69) is 20.8 Å². The van der Waals surface area contributed by atoms with Crippen molar-refractivity contribution in [1.29, 1.82) is 0 Å². The summed E-state index contributed by atoms with van der Waals surface area (Å²) in [5, 5.41) is 8.63. The first-order valence-electron chi connectivity index (χ1n) is 15.2. The Labute approximate surface area is 208 Å². The summed E-state index contributed by atoms with van der Waals surface area (Å²) in [6.07, 6.45) is 28.6. The van der Waals surface area contributed by atoms with Gasteiger partial charge < -0.3 is 9.59 Å². The fraction of sp³-hybridized carbons (Fsp3) is 0.967. The van der Waals surface area contributed by atoms with Gasteiger partial charge in [-0.05, 0) is 38.5 Å². The Morgan fingerprint density at radius 3 is 1.03 bits per heavy atom. The lowest BCUT2D eigenvalue weighted by molar-refractivity contribution is -0.929. The molecule has 0 heterocycles. The Morgan fingerprint density at radius 1 is 0.455 bits per heavy atom. The van der Waals surface area contributed by atoms with Crippen molar-refractivity contribution in [1.82, 2.24) is 0 Å². The van der Waals surface area contributed by atoms with Crippen molar-refractivity contribution in [2.24, 2.45) is 0 Å². The molecule has 0 bridgehead atoms. The van der Waals surface area contributed by atoms with Crippen LogP contribution in [0.2, 0.25) is 0 Å². The maximum Gasteiger partial charge on any atom is 0.303 e. The van der Waals surface area contributed by atoms with E-state index in [0.717, 1.165) is 12.8 Å². The minimum absolute atomic E-state index is 0.344.